The van der Waals surface area contributed by atoms with Gasteiger partial charge in [-0.2, -0.15) is 0 Å². The van der Waals surface area contributed by atoms with Crippen molar-refractivity contribution in [2.24, 2.45) is 0 Å². The molecule has 0 amide bonds. The van der Waals surface area contributed by atoms with Crippen molar-refractivity contribution < 1.29 is 4.74 Å². The molecule has 0 aliphatic heterocycles. The van der Waals surface area contributed by atoms with Gasteiger partial charge in [-0.3, -0.25) is 0 Å². The molecule has 1 fully saturated rings. The fourth-order valence-corrected chi connectivity index (χ4v) is 2.48. The second-order valence-corrected chi connectivity index (χ2v) is 5.05. The average Bonchev–Trinajstić information content (AvgIpc) is 2.37. The van der Waals surface area contributed by atoms with Gasteiger partial charge >= 0.3 is 0 Å². The first-order valence-electron chi connectivity index (χ1n) is 6.86. The van der Waals surface area contributed by atoms with E-state index in [4.69, 9.17) is 4.74 Å². The van der Waals surface area contributed by atoms with Crippen molar-refractivity contribution in [1.29, 1.82) is 0 Å². The van der Waals surface area contributed by atoms with E-state index in [0.717, 1.165) is 12.3 Å². The monoisotopic (exact) mass is 245 g/mol. The van der Waals surface area contributed by atoms with Gasteiger partial charge in [-0.25, -0.2) is 0 Å². The van der Waals surface area contributed by atoms with Crippen molar-refractivity contribution in [3.05, 3.63) is 42.5 Å². The van der Waals surface area contributed by atoms with Gasteiger partial charge in [0.05, 0.1) is 0 Å². The molecule has 0 radical (unpaired) electrons. The predicted octanol–water partition coefficient (Wildman–Crippen LogP) is 3.67. The average molecular weight is 245 g/mol. The molecule has 1 aliphatic rings. The highest BCUT2D eigenvalue weighted by Gasteiger charge is 2.34. The largest absolute Gasteiger partial charge is 0.489 e. The van der Waals surface area contributed by atoms with Crippen molar-refractivity contribution in [1.82, 2.24) is 5.32 Å². The molecule has 1 aromatic carbocycles. The molecule has 0 unspecified atom stereocenters. The van der Waals surface area contributed by atoms with E-state index in [0.29, 0.717) is 12.1 Å². The summed E-state index contributed by atoms with van der Waals surface area (Å²) in [5.74, 6) is 0.968. The molecule has 1 aromatic rings. The lowest BCUT2D eigenvalue weighted by molar-refractivity contribution is 0.174. The quantitative estimate of drug-likeness (QED) is 0.740. The minimum Gasteiger partial charge on any atom is -0.489 e. The van der Waals surface area contributed by atoms with E-state index in [2.05, 4.69) is 31.0 Å². The first-order valence-corrected chi connectivity index (χ1v) is 6.86. The Hall–Kier alpha value is -1.28. The lowest BCUT2D eigenvalue weighted by Gasteiger charge is -2.42. The Morgan fingerprint density at radius 2 is 2.17 bits per heavy atom. The lowest BCUT2D eigenvalue weighted by Crippen LogP contribution is -2.49. The number of hydrogen-bond acceptors (Lipinski definition) is 2. The minimum atomic E-state index is 0.381. The summed E-state index contributed by atoms with van der Waals surface area (Å²) in [6.07, 6.45) is 6.96. The molecule has 1 saturated carbocycles. The Labute approximate surface area is 110 Å². The zero-order valence-electron chi connectivity index (χ0n) is 11.2. The highest BCUT2D eigenvalue weighted by molar-refractivity contribution is 5.33. The number of para-hydroxylation sites is 1. The van der Waals surface area contributed by atoms with Crippen LogP contribution in [0.5, 0.6) is 5.75 Å². The van der Waals surface area contributed by atoms with Gasteiger partial charge in [0.2, 0.25) is 0 Å². The normalized spacial score (nSPS) is 16.9. The summed E-state index contributed by atoms with van der Waals surface area (Å²) < 4.78 is 5.68. The van der Waals surface area contributed by atoms with Gasteiger partial charge in [-0.05, 0) is 31.7 Å². The Morgan fingerprint density at radius 3 is 2.78 bits per heavy atom. The van der Waals surface area contributed by atoms with Crippen LogP contribution in [0, 0.1) is 0 Å². The van der Waals surface area contributed by atoms with Crippen molar-refractivity contribution in [3.63, 3.8) is 0 Å². The second-order valence-electron chi connectivity index (χ2n) is 5.05. The molecule has 1 aliphatic carbocycles. The van der Waals surface area contributed by atoms with Crippen molar-refractivity contribution in [3.8, 4) is 5.75 Å². The summed E-state index contributed by atoms with van der Waals surface area (Å²) in [4.78, 5) is 0. The number of ether oxygens (including phenoxy) is 1. The number of rotatable bonds is 7. The molecule has 0 heterocycles. The number of benzene rings is 1. The van der Waals surface area contributed by atoms with E-state index in [1.807, 2.05) is 12.1 Å². The minimum absolute atomic E-state index is 0.381. The van der Waals surface area contributed by atoms with Crippen molar-refractivity contribution in [2.45, 2.75) is 44.7 Å². The van der Waals surface area contributed by atoms with E-state index >= 15 is 0 Å². The van der Waals surface area contributed by atoms with Crippen LogP contribution in [-0.2, 0) is 6.54 Å². The third-order valence-electron chi connectivity index (χ3n) is 3.97. The zero-order valence-corrected chi connectivity index (χ0v) is 11.2. The smallest absolute Gasteiger partial charge is 0.124 e. The van der Waals surface area contributed by atoms with Gasteiger partial charge in [-0.1, -0.05) is 37.8 Å². The maximum absolute atomic E-state index is 5.68. The Balaban J connectivity index is 1.97. The van der Waals surface area contributed by atoms with E-state index in [9.17, 15) is 0 Å². The molecule has 0 spiro atoms. The SMILES string of the molecule is C=CCOc1ccccc1CNC1(CC)CCC1. The topological polar surface area (TPSA) is 21.3 Å². The molecule has 0 bridgehead atoms. The molecule has 98 valence electrons. The van der Waals surface area contributed by atoms with Gasteiger partial charge in [0.1, 0.15) is 12.4 Å². The predicted molar refractivity (Wildman–Crippen MR) is 75.8 cm³/mol. The van der Waals surface area contributed by atoms with Crippen LogP contribution in [0.4, 0.5) is 0 Å². The second kappa shape index (κ2) is 6.05. The summed E-state index contributed by atoms with van der Waals surface area (Å²) in [6, 6.07) is 8.24. The van der Waals surface area contributed by atoms with E-state index in [-0.39, 0.29) is 0 Å². The third kappa shape index (κ3) is 2.94. The number of nitrogens with one attached hydrogen (secondary N) is 1. The number of hydrogen-bond donors (Lipinski definition) is 1. The molecule has 0 saturated heterocycles. The van der Waals surface area contributed by atoms with Crippen LogP contribution in [0.25, 0.3) is 0 Å². The van der Waals surface area contributed by atoms with Crippen LogP contribution in [0.2, 0.25) is 0 Å². The van der Waals surface area contributed by atoms with E-state index in [1.165, 1.54) is 31.2 Å². The molecule has 0 aromatic heterocycles. The van der Waals surface area contributed by atoms with Crippen LogP contribution in [0.3, 0.4) is 0 Å². The molecule has 0 atom stereocenters. The maximum atomic E-state index is 5.68. The fourth-order valence-electron chi connectivity index (χ4n) is 2.48. The molecular weight excluding hydrogens is 222 g/mol. The highest BCUT2D eigenvalue weighted by atomic mass is 16.5. The summed E-state index contributed by atoms with van der Waals surface area (Å²) in [5.41, 5.74) is 1.62. The highest BCUT2D eigenvalue weighted by Crippen LogP contribution is 2.35. The van der Waals surface area contributed by atoms with Crippen LogP contribution in [0.15, 0.2) is 36.9 Å². The molecule has 2 rings (SSSR count). The van der Waals surface area contributed by atoms with Gasteiger partial charge in [-0.15, -0.1) is 0 Å². The molecule has 1 N–H and O–H groups in total. The molecule has 2 heteroatoms. The summed E-state index contributed by atoms with van der Waals surface area (Å²) in [7, 11) is 0. The third-order valence-corrected chi connectivity index (χ3v) is 3.97. The summed E-state index contributed by atoms with van der Waals surface area (Å²) in [5, 5.41) is 3.71. The van der Waals surface area contributed by atoms with Crippen molar-refractivity contribution in [2.75, 3.05) is 6.61 Å². The van der Waals surface area contributed by atoms with Gasteiger partial charge in [0.15, 0.2) is 0 Å². The van der Waals surface area contributed by atoms with Crippen molar-refractivity contribution >= 4 is 0 Å². The fraction of sp³-hybridized carbons (Fsp3) is 0.500. The van der Waals surface area contributed by atoms with Gasteiger partial charge < -0.3 is 10.1 Å². The Morgan fingerprint density at radius 1 is 1.39 bits per heavy atom. The zero-order chi connectivity index (χ0) is 12.8. The Bertz CT molecular complexity index is 390. The maximum Gasteiger partial charge on any atom is 0.124 e. The summed E-state index contributed by atoms with van der Waals surface area (Å²) >= 11 is 0. The lowest BCUT2D eigenvalue weighted by atomic mass is 9.75. The van der Waals surface area contributed by atoms with Crippen LogP contribution >= 0.6 is 0 Å². The van der Waals surface area contributed by atoms with Crippen LogP contribution < -0.4 is 10.1 Å². The molecular formula is C16H23NO. The molecule has 2 nitrogen and oxygen atoms in total. The van der Waals surface area contributed by atoms with Crippen LogP contribution in [0.1, 0.15) is 38.2 Å². The first-order chi connectivity index (χ1) is 8.79. The van der Waals surface area contributed by atoms with E-state index in [1.54, 1.807) is 6.08 Å². The molecule has 18 heavy (non-hydrogen) atoms. The summed E-state index contributed by atoms with van der Waals surface area (Å²) in [6.45, 7) is 7.41. The standard InChI is InChI=1S/C16H23NO/c1-3-12-18-15-9-6-5-8-14(15)13-17-16(4-2)10-7-11-16/h3,5-6,8-9,17H,1,4,7,10-13H2,2H3. The van der Waals surface area contributed by atoms with E-state index < -0.39 is 0 Å². The Kier molecular flexibility index (Phi) is 4.43. The van der Waals surface area contributed by atoms with Crippen LogP contribution in [-0.4, -0.2) is 12.1 Å². The van der Waals surface area contributed by atoms with Gasteiger partial charge in [0, 0.05) is 17.6 Å². The van der Waals surface area contributed by atoms with Gasteiger partial charge in [0.25, 0.3) is 0 Å². The first kappa shape index (κ1) is 13.2.